The third-order valence-corrected chi connectivity index (χ3v) is 19.0. The van der Waals surface area contributed by atoms with Crippen LogP contribution in [0.4, 0.5) is 5.69 Å². The van der Waals surface area contributed by atoms with Crippen LogP contribution >= 0.6 is 0 Å². The molecule has 91 heavy (non-hydrogen) atoms. The number of hydrogen-bond acceptors (Lipinski definition) is 6. The van der Waals surface area contributed by atoms with E-state index in [0.29, 0.717) is 94.9 Å². The average molecular weight is 1190 g/mol. The molecule has 0 fully saturated rings. The van der Waals surface area contributed by atoms with Crippen LogP contribution in [0.1, 0.15) is 107 Å². The molecule has 3 aliphatic rings. The first-order chi connectivity index (χ1) is 44.3. The number of rotatable bonds is 14. The minimum Gasteiger partial charge on any atom is -0.455 e. The van der Waals surface area contributed by atoms with Gasteiger partial charge in [-0.1, -0.05) is 255 Å². The molecule has 0 N–H and O–H groups in total. The van der Waals surface area contributed by atoms with E-state index in [1.54, 1.807) is 0 Å². The third-order valence-electron chi connectivity index (χ3n) is 19.0. The number of allylic oxidation sites excluding steroid dienone is 2. The molecule has 4 amide bonds. The lowest BCUT2D eigenvalue weighted by atomic mass is 9.75. The van der Waals surface area contributed by atoms with Gasteiger partial charge in [0.2, 0.25) is 0 Å². The largest absolute Gasteiger partial charge is 0.455 e. The van der Waals surface area contributed by atoms with E-state index < -0.39 is 23.8 Å². The summed E-state index contributed by atoms with van der Waals surface area (Å²) in [4.78, 5) is 67.6. The Morgan fingerprint density at radius 1 is 0.407 bits per heavy atom. The quantitative estimate of drug-likeness (QED) is 0.0612. The Labute approximate surface area is 529 Å². The fourth-order valence-corrected chi connectivity index (χ4v) is 14.7. The molecule has 2 aliphatic heterocycles. The number of hydrogen-bond donors (Lipinski definition) is 0. The smallest absolute Gasteiger partial charge is 0.266 e. The van der Waals surface area contributed by atoms with Gasteiger partial charge < -0.3 is 9.47 Å². The van der Waals surface area contributed by atoms with Crippen molar-refractivity contribution in [2.45, 2.75) is 66.8 Å². The summed E-state index contributed by atoms with van der Waals surface area (Å²) in [6.45, 7) is 14.7. The number of ether oxygens (including phenoxy) is 2. The fraction of sp³-hybridized carbons (Fsp3) is 0.157. The molecule has 0 radical (unpaired) electrons. The summed E-state index contributed by atoms with van der Waals surface area (Å²) >= 11 is 0. The van der Waals surface area contributed by atoms with Crippen molar-refractivity contribution in [3.8, 4) is 67.5 Å². The zero-order chi connectivity index (χ0) is 62.5. The van der Waals surface area contributed by atoms with Gasteiger partial charge in [-0.05, 0) is 98.2 Å². The predicted octanol–water partition coefficient (Wildman–Crippen LogP) is 20.9. The lowest BCUT2D eigenvalue weighted by molar-refractivity contribution is 0.0505. The van der Waals surface area contributed by atoms with E-state index in [1.807, 2.05) is 159 Å². The molecule has 2 unspecified atom stereocenters. The van der Waals surface area contributed by atoms with Gasteiger partial charge in [0.25, 0.3) is 23.6 Å². The zero-order valence-corrected chi connectivity index (χ0v) is 51.9. The first-order valence-electron chi connectivity index (χ1n) is 31.7. The minimum atomic E-state index is -0.566. The SMILES string of the molecule is CCc1cccc(C(C)C)c1N1C(=O)c2ccc3c4c(Oc5c(-c6ccccc6)cccc5-c5ccccc5)cc5c6c(ccc(c7c(Oc8c(-c9ccccc9)cccc8-c8ccccc8)cc(c2c37)C1=O)c64)C(=O)N(C1C(C(C)C)=CC=CC1C(C)C)C5=O. The van der Waals surface area contributed by atoms with Crippen molar-refractivity contribution in [2.24, 2.45) is 17.8 Å². The number of amides is 4. The van der Waals surface area contributed by atoms with Gasteiger partial charge in [0, 0.05) is 71.6 Å². The van der Waals surface area contributed by atoms with Crippen LogP contribution in [0.3, 0.4) is 0 Å². The summed E-state index contributed by atoms with van der Waals surface area (Å²) in [5.74, 6) is 0.00778. The molecule has 12 aromatic rings. The molecule has 15 rings (SSSR count). The molecule has 2 atom stereocenters. The van der Waals surface area contributed by atoms with Gasteiger partial charge in [-0.25, -0.2) is 4.90 Å². The van der Waals surface area contributed by atoms with Crippen LogP contribution in [-0.2, 0) is 6.42 Å². The minimum absolute atomic E-state index is 0.0224. The summed E-state index contributed by atoms with van der Waals surface area (Å²) in [6.07, 6.45) is 6.85. The van der Waals surface area contributed by atoms with Gasteiger partial charge in [0.1, 0.15) is 23.0 Å². The lowest BCUT2D eigenvalue weighted by Crippen LogP contribution is -2.52. The highest BCUT2D eigenvalue weighted by Crippen LogP contribution is 2.56. The molecular formula is C83H66N2O6. The number of anilines is 1. The molecule has 0 aromatic heterocycles. The second-order valence-electron chi connectivity index (χ2n) is 25.2. The van der Waals surface area contributed by atoms with Crippen LogP contribution in [0.25, 0.3) is 87.6 Å². The Balaban J connectivity index is 1.09. The molecule has 444 valence electrons. The molecule has 0 bridgehead atoms. The molecule has 0 saturated heterocycles. The summed E-state index contributed by atoms with van der Waals surface area (Å²) in [5, 5.41) is 4.67. The number of aryl methyl sites for hydroxylation is 1. The van der Waals surface area contributed by atoms with Crippen molar-refractivity contribution < 1.29 is 28.7 Å². The summed E-state index contributed by atoms with van der Waals surface area (Å²) in [6, 6.07) is 69.5. The number of imide groups is 2. The van der Waals surface area contributed by atoms with Crippen LogP contribution in [0, 0.1) is 17.8 Å². The molecule has 1 aliphatic carbocycles. The third kappa shape index (κ3) is 9.01. The van der Waals surface area contributed by atoms with E-state index in [1.165, 1.54) is 9.80 Å². The number of benzene rings is 12. The maximum atomic E-state index is 16.4. The van der Waals surface area contributed by atoms with E-state index in [0.717, 1.165) is 61.2 Å². The molecular weight excluding hydrogens is 1120 g/mol. The highest BCUT2D eigenvalue weighted by molar-refractivity contribution is 6.45. The molecule has 0 spiro atoms. The van der Waals surface area contributed by atoms with Crippen molar-refractivity contribution in [2.75, 3.05) is 4.90 Å². The summed E-state index contributed by atoms with van der Waals surface area (Å²) < 4.78 is 15.5. The van der Waals surface area contributed by atoms with Crippen molar-refractivity contribution in [3.05, 3.63) is 270 Å². The highest BCUT2D eigenvalue weighted by Gasteiger charge is 2.46. The number of carbonyl (C=O) groups excluding carboxylic acids is 4. The Morgan fingerprint density at radius 2 is 0.824 bits per heavy atom. The maximum Gasteiger partial charge on any atom is 0.266 e. The lowest BCUT2D eigenvalue weighted by Gasteiger charge is -2.42. The second-order valence-corrected chi connectivity index (χ2v) is 25.2. The van der Waals surface area contributed by atoms with Gasteiger partial charge in [-0.15, -0.1) is 0 Å². The molecule has 8 nitrogen and oxygen atoms in total. The van der Waals surface area contributed by atoms with Crippen LogP contribution < -0.4 is 14.4 Å². The highest BCUT2D eigenvalue weighted by atomic mass is 16.5. The van der Waals surface area contributed by atoms with Crippen LogP contribution in [0.15, 0.2) is 236 Å². The van der Waals surface area contributed by atoms with Gasteiger partial charge >= 0.3 is 0 Å². The Morgan fingerprint density at radius 3 is 1.25 bits per heavy atom. The number of nitrogens with zero attached hydrogens (tertiary/aromatic N) is 2. The number of fused-ring (bicyclic) bond motifs is 2. The van der Waals surface area contributed by atoms with Gasteiger partial charge in [-0.2, -0.15) is 0 Å². The Hall–Kier alpha value is -10.7. The van der Waals surface area contributed by atoms with Crippen LogP contribution in [0.2, 0.25) is 0 Å². The standard InChI is InChI=1S/C83H66N2O6/c1-8-50-33-21-34-55(47(2)3)76(50)84-80(86)64-43-41-62-73-69(91-79-60(53-29-17-11-18-30-53)39-24-40-61(79)54-31-19-12-20-32-54)46-67-71-65(81(87)85(83(67)89)77-56(48(4)5)35-22-36-57(77)49(6)7)44-42-63(75(71)73)72-68(45-66(82(84)88)70(64)74(62)72)90-78-58(51-25-13-9-14-26-51)37-23-38-59(78)52-27-15-10-16-28-52/h9-49,56,77H,8H2,1-7H3. The van der Waals surface area contributed by atoms with E-state index in [9.17, 15) is 0 Å². The van der Waals surface area contributed by atoms with Gasteiger partial charge in [0.05, 0.1) is 22.9 Å². The van der Waals surface area contributed by atoms with Crippen LogP contribution in [-0.4, -0.2) is 34.6 Å². The number of para-hydroxylation sites is 3. The second kappa shape index (κ2) is 22.4. The first kappa shape index (κ1) is 56.8. The molecule has 12 aromatic carbocycles. The molecule has 8 heteroatoms. The first-order valence-corrected chi connectivity index (χ1v) is 31.7. The summed E-state index contributed by atoms with van der Waals surface area (Å²) in [5.41, 5.74) is 11.6. The van der Waals surface area contributed by atoms with Crippen LogP contribution in [0.5, 0.6) is 23.0 Å². The topological polar surface area (TPSA) is 93.2 Å². The maximum absolute atomic E-state index is 16.4. The Kier molecular flexibility index (Phi) is 14.0. The van der Waals surface area contributed by atoms with E-state index in [2.05, 4.69) is 120 Å². The van der Waals surface area contributed by atoms with E-state index in [4.69, 9.17) is 9.47 Å². The van der Waals surface area contributed by atoms with E-state index in [-0.39, 0.29) is 35.1 Å². The fourth-order valence-electron chi connectivity index (χ4n) is 14.7. The normalized spacial score (nSPS) is 15.6. The Bertz CT molecular complexity index is 4930. The summed E-state index contributed by atoms with van der Waals surface area (Å²) in [7, 11) is 0. The van der Waals surface area contributed by atoms with Gasteiger partial charge in [-0.3, -0.25) is 24.1 Å². The van der Waals surface area contributed by atoms with Crippen molar-refractivity contribution in [3.63, 3.8) is 0 Å². The van der Waals surface area contributed by atoms with Crippen molar-refractivity contribution in [1.29, 1.82) is 0 Å². The number of carbonyl (C=O) groups is 4. The predicted molar refractivity (Wildman–Crippen MR) is 368 cm³/mol. The molecule has 2 heterocycles. The van der Waals surface area contributed by atoms with Gasteiger partial charge in [0.15, 0.2) is 0 Å². The van der Waals surface area contributed by atoms with E-state index >= 15 is 19.2 Å². The van der Waals surface area contributed by atoms with Crippen molar-refractivity contribution in [1.82, 2.24) is 4.90 Å². The van der Waals surface area contributed by atoms with Crippen molar-refractivity contribution >= 4 is 72.4 Å². The molecule has 0 saturated carbocycles. The zero-order valence-electron chi connectivity index (χ0n) is 51.9. The average Bonchev–Trinajstić information content (AvgIpc) is 0.680. The monoisotopic (exact) mass is 1190 g/mol.